The summed E-state index contributed by atoms with van der Waals surface area (Å²) in [4.78, 5) is 36.8. The number of hydrogen-bond acceptors (Lipinski definition) is 4. The lowest BCUT2D eigenvalue weighted by atomic mass is 9.87. The third-order valence-electron chi connectivity index (χ3n) is 4.86. The van der Waals surface area contributed by atoms with Crippen molar-refractivity contribution in [3.63, 3.8) is 0 Å². The summed E-state index contributed by atoms with van der Waals surface area (Å²) in [5.74, 6) is -2.68. The Morgan fingerprint density at radius 1 is 1.07 bits per heavy atom. The molecule has 0 aliphatic carbocycles. The fourth-order valence-electron chi connectivity index (χ4n) is 2.53. The van der Waals surface area contributed by atoms with Gasteiger partial charge in [-0.25, -0.2) is 4.79 Å². The van der Waals surface area contributed by atoms with Crippen LogP contribution in [-0.2, 0) is 20.8 Å². The van der Waals surface area contributed by atoms with Crippen LogP contribution in [0.15, 0.2) is 30.3 Å². The summed E-state index contributed by atoms with van der Waals surface area (Å²) >= 11 is 0. The number of carbonyl (C=O) groups is 3. The Hall–Kier alpha value is -2.41. The summed E-state index contributed by atoms with van der Waals surface area (Å²) in [6.07, 6.45) is 0.345. The second kappa shape index (κ2) is 9.50. The van der Waals surface area contributed by atoms with E-state index in [0.717, 1.165) is 5.56 Å². The largest absolute Gasteiger partial charge is 0.480 e. The molecule has 0 saturated heterocycles. The Morgan fingerprint density at radius 2 is 1.63 bits per heavy atom. The van der Waals surface area contributed by atoms with Crippen LogP contribution in [0.2, 0.25) is 0 Å². The van der Waals surface area contributed by atoms with E-state index in [1.54, 1.807) is 27.7 Å². The van der Waals surface area contributed by atoms with Crippen molar-refractivity contribution in [3.05, 3.63) is 35.9 Å². The van der Waals surface area contributed by atoms with Gasteiger partial charge < -0.3 is 21.5 Å². The number of carboxylic acid groups (broad SMARTS) is 1. The Labute approximate surface area is 160 Å². The zero-order valence-corrected chi connectivity index (χ0v) is 16.7. The van der Waals surface area contributed by atoms with Gasteiger partial charge in [-0.15, -0.1) is 0 Å². The first-order valence-corrected chi connectivity index (χ1v) is 9.14. The van der Waals surface area contributed by atoms with Crippen LogP contribution in [0.25, 0.3) is 0 Å². The maximum absolute atomic E-state index is 12.7. The molecular formula is C20H31N3O4. The smallest absolute Gasteiger partial charge is 0.329 e. The lowest BCUT2D eigenvalue weighted by molar-refractivity contribution is -0.149. The van der Waals surface area contributed by atoms with Crippen molar-refractivity contribution in [2.75, 3.05) is 0 Å². The van der Waals surface area contributed by atoms with Gasteiger partial charge in [-0.1, -0.05) is 58.0 Å². The molecule has 1 aromatic rings. The maximum Gasteiger partial charge on any atom is 0.329 e. The first kappa shape index (κ1) is 22.6. The van der Waals surface area contributed by atoms with Crippen LogP contribution >= 0.6 is 0 Å². The average molecular weight is 377 g/mol. The van der Waals surface area contributed by atoms with Crippen LogP contribution < -0.4 is 16.4 Å². The monoisotopic (exact) mass is 377 g/mol. The zero-order valence-electron chi connectivity index (χ0n) is 16.7. The highest BCUT2D eigenvalue weighted by molar-refractivity contribution is 5.93. The molecule has 0 fully saturated rings. The highest BCUT2D eigenvalue weighted by atomic mass is 16.4. The second-order valence-electron chi connectivity index (χ2n) is 7.68. The van der Waals surface area contributed by atoms with E-state index in [0.29, 0.717) is 6.42 Å². The molecule has 0 aromatic heterocycles. The molecule has 0 aliphatic rings. The Bertz CT molecular complexity index is 660. The van der Waals surface area contributed by atoms with Gasteiger partial charge in [0.15, 0.2) is 0 Å². The van der Waals surface area contributed by atoms with Crippen LogP contribution in [0.5, 0.6) is 0 Å². The average Bonchev–Trinajstić information content (AvgIpc) is 2.59. The van der Waals surface area contributed by atoms with E-state index in [4.69, 9.17) is 5.73 Å². The highest BCUT2D eigenvalue weighted by Crippen LogP contribution is 2.18. The van der Waals surface area contributed by atoms with Crippen molar-refractivity contribution >= 4 is 17.8 Å². The number of hydrogen-bond donors (Lipinski definition) is 4. The molecule has 2 amide bonds. The summed E-state index contributed by atoms with van der Waals surface area (Å²) in [6.45, 7) is 8.44. The molecule has 1 rings (SSSR count). The Morgan fingerprint density at radius 3 is 2.07 bits per heavy atom. The van der Waals surface area contributed by atoms with Crippen LogP contribution in [0.4, 0.5) is 0 Å². The van der Waals surface area contributed by atoms with Crippen LogP contribution in [0.1, 0.15) is 40.2 Å². The summed E-state index contributed by atoms with van der Waals surface area (Å²) in [6, 6.07) is 7.67. The minimum Gasteiger partial charge on any atom is -0.480 e. The molecule has 0 bridgehead atoms. The van der Waals surface area contributed by atoms with Crippen molar-refractivity contribution in [1.29, 1.82) is 0 Å². The first-order valence-electron chi connectivity index (χ1n) is 9.14. The third kappa shape index (κ3) is 6.06. The van der Waals surface area contributed by atoms with E-state index in [-0.39, 0.29) is 11.8 Å². The number of carboxylic acids is 1. The molecule has 27 heavy (non-hydrogen) atoms. The lowest BCUT2D eigenvalue weighted by Gasteiger charge is -2.33. The number of carbonyl (C=O) groups excluding carboxylic acids is 2. The van der Waals surface area contributed by atoms with E-state index < -0.39 is 35.4 Å². The minimum atomic E-state index is -1.43. The van der Waals surface area contributed by atoms with Crippen molar-refractivity contribution < 1.29 is 19.5 Å². The third-order valence-corrected chi connectivity index (χ3v) is 4.86. The zero-order chi connectivity index (χ0) is 20.8. The minimum absolute atomic E-state index is 0.233. The highest BCUT2D eigenvalue weighted by Gasteiger charge is 2.40. The topological polar surface area (TPSA) is 122 Å². The van der Waals surface area contributed by atoms with E-state index >= 15 is 0 Å². The van der Waals surface area contributed by atoms with Gasteiger partial charge in [0.25, 0.3) is 0 Å². The molecule has 7 heteroatoms. The number of nitrogens with one attached hydrogen (secondary N) is 2. The fraction of sp³-hybridized carbons (Fsp3) is 0.550. The first-order chi connectivity index (χ1) is 12.5. The van der Waals surface area contributed by atoms with Gasteiger partial charge in [-0.3, -0.25) is 9.59 Å². The molecule has 1 aromatic carbocycles. The van der Waals surface area contributed by atoms with Crippen molar-refractivity contribution in [1.82, 2.24) is 10.6 Å². The number of rotatable bonds is 9. The van der Waals surface area contributed by atoms with E-state index in [2.05, 4.69) is 10.6 Å². The molecular weight excluding hydrogens is 346 g/mol. The maximum atomic E-state index is 12.7. The summed E-state index contributed by atoms with van der Waals surface area (Å²) < 4.78 is 0. The quantitative estimate of drug-likeness (QED) is 0.517. The number of amides is 2. The van der Waals surface area contributed by atoms with E-state index in [1.807, 2.05) is 30.3 Å². The number of aliphatic carboxylic acids is 1. The predicted octanol–water partition coefficient (Wildman–Crippen LogP) is 1.31. The molecule has 0 heterocycles. The van der Waals surface area contributed by atoms with Crippen molar-refractivity contribution in [3.8, 4) is 0 Å². The van der Waals surface area contributed by atoms with Gasteiger partial charge in [-0.2, -0.15) is 0 Å². The summed E-state index contributed by atoms with van der Waals surface area (Å²) in [7, 11) is 0. The van der Waals surface area contributed by atoms with Gasteiger partial charge in [0.1, 0.15) is 11.6 Å². The molecule has 0 saturated carbocycles. The predicted molar refractivity (Wildman–Crippen MR) is 104 cm³/mol. The normalized spacial score (nSPS) is 15.7. The Balaban J connectivity index is 2.84. The number of benzene rings is 1. The SMILES string of the molecule is CC(C)[C@H](NC(=O)[C@@H](N)Cc1ccccc1)C(=O)N[C@](C)(C(=O)O)C(C)C. The lowest BCUT2D eigenvalue weighted by Crippen LogP contribution is -2.62. The van der Waals surface area contributed by atoms with Gasteiger partial charge in [-0.05, 0) is 30.7 Å². The van der Waals surface area contributed by atoms with Gasteiger partial charge in [0, 0.05) is 0 Å². The van der Waals surface area contributed by atoms with E-state index in [1.165, 1.54) is 6.92 Å². The van der Waals surface area contributed by atoms with Crippen molar-refractivity contribution in [2.24, 2.45) is 17.6 Å². The standard InChI is InChI=1S/C20H31N3O4/c1-12(2)16(18(25)23-20(5,13(3)4)19(26)27)22-17(24)15(21)11-14-9-7-6-8-10-14/h6-10,12-13,15-16H,11,21H2,1-5H3,(H,22,24)(H,23,25)(H,26,27)/t15-,16-,20-/m0/s1. The second-order valence-corrected chi connectivity index (χ2v) is 7.68. The fourth-order valence-corrected chi connectivity index (χ4v) is 2.53. The van der Waals surface area contributed by atoms with Gasteiger partial charge in [0.05, 0.1) is 6.04 Å². The van der Waals surface area contributed by atoms with E-state index in [9.17, 15) is 19.5 Å². The number of nitrogens with two attached hydrogens (primary N) is 1. The van der Waals surface area contributed by atoms with Gasteiger partial charge in [0.2, 0.25) is 11.8 Å². The molecule has 0 aliphatic heterocycles. The molecule has 0 unspecified atom stereocenters. The molecule has 0 radical (unpaired) electrons. The van der Waals surface area contributed by atoms with Crippen molar-refractivity contribution in [2.45, 2.75) is 58.7 Å². The molecule has 7 nitrogen and oxygen atoms in total. The molecule has 3 atom stereocenters. The van der Waals surface area contributed by atoms with Crippen LogP contribution in [-0.4, -0.2) is 40.5 Å². The molecule has 0 spiro atoms. The van der Waals surface area contributed by atoms with Crippen LogP contribution in [0.3, 0.4) is 0 Å². The summed E-state index contributed by atoms with van der Waals surface area (Å²) in [5.41, 5.74) is 5.47. The summed E-state index contributed by atoms with van der Waals surface area (Å²) in [5, 5.41) is 14.7. The molecule has 5 N–H and O–H groups in total. The van der Waals surface area contributed by atoms with Gasteiger partial charge >= 0.3 is 5.97 Å². The Kier molecular flexibility index (Phi) is 7.97. The molecule has 150 valence electrons. The van der Waals surface area contributed by atoms with Crippen LogP contribution in [0, 0.1) is 11.8 Å².